The van der Waals surface area contributed by atoms with E-state index in [0.717, 1.165) is 5.56 Å². The van der Waals surface area contributed by atoms with Crippen LogP contribution in [-0.2, 0) is 0 Å². The Morgan fingerprint density at radius 1 is 1.24 bits per heavy atom. The molecule has 96 valence electrons. The van der Waals surface area contributed by atoms with E-state index in [1.54, 1.807) is 43.1 Å². The number of nitrogens with zero attached hydrogens (tertiary/aromatic N) is 1. The van der Waals surface area contributed by atoms with Gasteiger partial charge in [-0.05, 0) is 24.6 Å². The van der Waals surface area contributed by atoms with Gasteiger partial charge in [-0.15, -0.1) is 0 Å². The van der Waals surface area contributed by atoms with Crippen molar-refractivity contribution in [2.24, 2.45) is 0 Å². The molecule has 2 nitrogen and oxygen atoms in total. The van der Waals surface area contributed by atoms with Crippen molar-refractivity contribution in [3.8, 4) is 0 Å². The van der Waals surface area contributed by atoms with Crippen LogP contribution in [0.15, 0.2) is 24.3 Å². The second kappa shape index (κ2) is 5.40. The average molecular weight is 247 g/mol. The maximum atomic E-state index is 12.0. The zero-order valence-corrected chi connectivity index (χ0v) is 9.83. The lowest BCUT2D eigenvalue weighted by Crippen LogP contribution is -2.23. The fourth-order valence-corrected chi connectivity index (χ4v) is 1.43. The lowest BCUT2D eigenvalue weighted by Gasteiger charge is -2.20. The van der Waals surface area contributed by atoms with Crippen molar-refractivity contribution in [2.75, 3.05) is 18.5 Å². The summed E-state index contributed by atoms with van der Waals surface area (Å²) in [6, 6.07) is 6.84. The summed E-state index contributed by atoms with van der Waals surface area (Å²) in [4.78, 5) is 1.54. The normalized spacial score (nSPS) is 13.5. The first-order chi connectivity index (χ1) is 7.79. The van der Waals surface area contributed by atoms with Crippen molar-refractivity contribution < 1.29 is 18.3 Å². The highest BCUT2D eigenvalue weighted by atomic mass is 19.4. The van der Waals surface area contributed by atoms with Crippen molar-refractivity contribution in [1.82, 2.24) is 0 Å². The van der Waals surface area contributed by atoms with Crippen LogP contribution in [-0.4, -0.2) is 24.9 Å². The number of aliphatic hydroxyl groups is 1. The highest BCUT2D eigenvalue weighted by Crippen LogP contribution is 2.22. The van der Waals surface area contributed by atoms with Crippen LogP contribution in [0.25, 0.3) is 0 Å². The molecule has 0 aromatic heterocycles. The van der Waals surface area contributed by atoms with Gasteiger partial charge in [0.25, 0.3) is 0 Å². The summed E-state index contributed by atoms with van der Waals surface area (Å²) in [5.41, 5.74) is 1.46. The van der Waals surface area contributed by atoms with Crippen LogP contribution >= 0.6 is 0 Å². The minimum atomic E-state index is -4.13. The lowest BCUT2D eigenvalue weighted by atomic mass is 10.1. The summed E-state index contributed by atoms with van der Waals surface area (Å²) in [6.45, 7) is 1.57. The van der Waals surface area contributed by atoms with Gasteiger partial charge >= 0.3 is 6.18 Å². The number of halogens is 3. The second-order valence-electron chi connectivity index (χ2n) is 4.05. The number of benzene rings is 1. The molecule has 5 heteroatoms. The van der Waals surface area contributed by atoms with Crippen LogP contribution < -0.4 is 4.90 Å². The third kappa shape index (κ3) is 4.65. The highest BCUT2D eigenvalue weighted by molar-refractivity contribution is 5.47. The molecule has 1 aromatic rings. The topological polar surface area (TPSA) is 23.5 Å². The molecule has 0 amide bonds. The van der Waals surface area contributed by atoms with E-state index >= 15 is 0 Å². The zero-order chi connectivity index (χ0) is 13.1. The Morgan fingerprint density at radius 3 is 2.18 bits per heavy atom. The maximum absolute atomic E-state index is 12.0. The molecule has 0 heterocycles. The van der Waals surface area contributed by atoms with Gasteiger partial charge in [0.1, 0.15) is 0 Å². The van der Waals surface area contributed by atoms with Gasteiger partial charge < -0.3 is 10.0 Å². The van der Waals surface area contributed by atoms with Crippen LogP contribution in [0.2, 0.25) is 0 Å². The standard InChI is InChI=1S/C12H16F3NO/c1-9(17)10-3-5-11(6-4-10)16(2)8-7-12(13,14)15/h3-6,9,17H,7-8H2,1-2H3/t9-/m0/s1. The predicted molar refractivity (Wildman–Crippen MR) is 61.0 cm³/mol. The second-order valence-corrected chi connectivity index (χ2v) is 4.05. The number of anilines is 1. The maximum Gasteiger partial charge on any atom is 0.390 e. The third-order valence-electron chi connectivity index (χ3n) is 2.55. The largest absolute Gasteiger partial charge is 0.390 e. The fourth-order valence-electron chi connectivity index (χ4n) is 1.43. The van der Waals surface area contributed by atoms with Crippen LogP contribution in [0.1, 0.15) is 25.0 Å². The zero-order valence-electron chi connectivity index (χ0n) is 9.83. The van der Waals surface area contributed by atoms with E-state index in [1.165, 1.54) is 0 Å². The van der Waals surface area contributed by atoms with E-state index in [9.17, 15) is 18.3 Å². The number of hydrogen-bond donors (Lipinski definition) is 1. The molecule has 0 aliphatic heterocycles. The first kappa shape index (κ1) is 13.8. The van der Waals surface area contributed by atoms with Gasteiger partial charge in [-0.3, -0.25) is 0 Å². The smallest absolute Gasteiger partial charge is 0.389 e. The van der Waals surface area contributed by atoms with Gasteiger partial charge in [-0.1, -0.05) is 12.1 Å². The molecule has 0 aliphatic rings. The molecule has 0 radical (unpaired) electrons. The molecule has 1 atom stereocenters. The Hall–Kier alpha value is -1.23. The Kier molecular flexibility index (Phi) is 4.40. The molecule has 0 saturated carbocycles. The van der Waals surface area contributed by atoms with Gasteiger partial charge in [0.05, 0.1) is 12.5 Å². The highest BCUT2D eigenvalue weighted by Gasteiger charge is 2.27. The third-order valence-corrected chi connectivity index (χ3v) is 2.55. The lowest BCUT2D eigenvalue weighted by molar-refractivity contribution is -0.132. The summed E-state index contributed by atoms with van der Waals surface area (Å²) < 4.78 is 36.1. The first-order valence-corrected chi connectivity index (χ1v) is 5.35. The Balaban J connectivity index is 2.60. The van der Waals surface area contributed by atoms with Crippen molar-refractivity contribution >= 4 is 5.69 Å². The average Bonchev–Trinajstić information content (AvgIpc) is 2.25. The van der Waals surface area contributed by atoms with Gasteiger partial charge in [-0.25, -0.2) is 0 Å². The molecular formula is C12H16F3NO. The molecule has 1 rings (SSSR count). The molecule has 0 bridgehead atoms. The number of hydrogen-bond acceptors (Lipinski definition) is 2. The number of rotatable bonds is 4. The SMILES string of the molecule is C[C@H](O)c1ccc(N(C)CCC(F)(F)F)cc1. The minimum Gasteiger partial charge on any atom is -0.389 e. The molecule has 0 unspecified atom stereocenters. The van der Waals surface area contributed by atoms with E-state index in [2.05, 4.69) is 0 Å². The molecule has 1 aromatic carbocycles. The number of alkyl halides is 3. The van der Waals surface area contributed by atoms with Crippen LogP contribution in [0.3, 0.4) is 0 Å². The Bertz CT molecular complexity index is 346. The van der Waals surface area contributed by atoms with Crippen molar-refractivity contribution in [3.05, 3.63) is 29.8 Å². The molecular weight excluding hydrogens is 231 g/mol. The molecule has 1 N–H and O–H groups in total. The Labute approximate surface area is 98.7 Å². The van der Waals surface area contributed by atoms with Gasteiger partial charge in [0, 0.05) is 19.3 Å². The van der Waals surface area contributed by atoms with E-state index < -0.39 is 18.7 Å². The van der Waals surface area contributed by atoms with E-state index in [4.69, 9.17) is 0 Å². The molecule has 0 saturated heterocycles. The molecule has 0 fully saturated rings. The molecule has 0 spiro atoms. The first-order valence-electron chi connectivity index (χ1n) is 5.35. The van der Waals surface area contributed by atoms with E-state index in [1.807, 2.05) is 0 Å². The van der Waals surface area contributed by atoms with Crippen LogP contribution in [0.5, 0.6) is 0 Å². The molecule has 0 aliphatic carbocycles. The van der Waals surface area contributed by atoms with Gasteiger partial charge in [-0.2, -0.15) is 13.2 Å². The van der Waals surface area contributed by atoms with E-state index in [-0.39, 0.29) is 6.54 Å². The van der Waals surface area contributed by atoms with Crippen LogP contribution in [0.4, 0.5) is 18.9 Å². The summed E-state index contributed by atoms with van der Waals surface area (Å²) in [6.07, 6.45) is -5.53. The minimum absolute atomic E-state index is 0.0719. The Morgan fingerprint density at radius 2 is 1.76 bits per heavy atom. The van der Waals surface area contributed by atoms with Crippen molar-refractivity contribution in [3.63, 3.8) is 0 Å². The van der Waals surface area contributed by atoms with Crippen LogP contribution in [0, 0.1) is 0 Å². The van der Waals surface area contributed by atoms with Gasteiger partial charge in [0.15, 0.2) is 0 Å². The monoisotopic (exact) mass is 247 g/mol. The number of aliphatic hydroxyl groups excluding tert-OH is 1. The van der Waals surface area contributed by atoms with Crippen molar-refractivity contribution in [2.45, 2.75) is 25.6 Å². The summed E-state index contributed by atoms with van der Waals surface area (Å²) in [7, 11) is 1.61. The van der Waals surface area contributed by atoms with Gasteiger partial charge in [0.2, 0.25) is 0 Å². The summed E-state index contributed by atoms with van der Waals surface area (Å²) >= 11 is 0. The molecule has 17 heavy (non-hydrogen) atoms. The van der Waals surface area contributed by atoms with Crippen molar-refractivity contribution in [1.29, 1.82) is 0 Å². The summed E-state index contributed by atoms with van der Waals surface area (Å²) in [5.74, 6) is 0. The van der Waals surface area contributed by atoms with E-state index in [0.29, 0.717) is 5.69 Å². The predicted octanol–water partition coefficient (Wildman–Crippen LogP) is 3.13. The quantitative estimate of drug-likeness (QED) is 0.883. The fraction of sp³-hybridized carbons (Fsp3) is 0.500. The summed E-state index contributed by atoms with van der Waals surface area (Å²) in [5, 5.41) is 9.30.